The van der Waals surface area contributed by atoms with E-state index in [1.165, 1.54) is 0 Å². The fourth-order valence-corrected chi connectivity index (χ4v) is 3.98. The summed E-state index contributed by atoms with van der Waals surface area (Å²) in [7, 11) is 0. The van der Waals surface area contributed by atoms with Gasteiger partial charge in [0.2, 0.25) is 0 Å². The zero-order valence-corrected chi connectivity index (χ0v) is 24.2. The molecule has 226 valence electrons. The van der Waals surface area contributed by atoms with Crippen LogP contribution < -0.4 is 4.90 Å². The maximum absolute atomic E-state index is 11.5. The summed E-state index contributed by atoms with van der Waals surface area (Å²) in [5, 5.41) is 0. The molecule has 0 aliphatic heterocycles. The van der Waals surface area contributed by atoms with E-state index in [2.05, 4.69) is 32.9 Å². The topological polar surface area (TPSA) is 108 Å². The SMILES string of the molecule is C=CC(=O)OCC(COC(=O)C=C)Cc1ccc(N(C=C)c2ccc(CC(COC(=O)C=C)COC(=O)C=C)cc2)cc1. The number of anilines is 2. The molecule has 0 radical (unpaired) electrons. The highest BCUT2D eigenvalue weighted by Gasteiger charge is 2.17. The van der Waals surface area contributed by atoms with E-state index >= 15 is 0 Å². The summed E-state index contributed by atoms with van der Waals surface area (Å²) in [6, 6.07) is 15.5. The summed E-state index contributed by atoms with van der Waals surface area (Å²) in [6.07, 6.45) is 7.03. The predicted octanol–water partition coefficient (Wildman–Crippen LogP) is 5.20. The average molecular weight is 588 g/mol. The fourth-order valence-electron chi connectivity index (χ4n) is 3.98. The van der Waals surface area contributed by atoms with Crippen LogP contribution >= 0.6 is 0 Å². The van der Waals surface area contributed by atoms with E-state index in [-0.39, 0.29) is 38.3 Å². The minimum Gasteiger partial charge on any atom is -0.462 e. The van der Waals surface area contributed by atoms with Gasteiger partial charge in [-0.15, -0.1) is 0 Å². The third-order valence-electron chi connectivity index (χ3n) is 6.17. The second kappa shape index (κ2) is 18.3. The van der Waals surface area contributed by atoms with Gasteiger partial charge >= 0.3 is 23.9 Å². The molecule has 43 heavy (non-hydrogen) atoms. The maximum Gasteiger partial charge on any atom is 0.330 e. The van der Waals surface area contributed by atoms with Crippen LogP contribution in [0.25, 0.3) is 0 Å². The number of carbonyl (C=O) groups is 4. The molecule has 0 aliphatic carbocycles. The van der Waals surface area contributed by atoms with Crippen LogP contribution in [0.5, 0.6) is 0 Å². The first-order valence-corrected chi connectivity index (χ1v) is 13.5. The van der Waals surface area contributed by atoms with Gasteiger partial charge in [-0.1, -0.05) is 57.2 Å². The lowest BCUT2D eigenvalue weighted by molar-refractivity contribution is -0.144. The van der Waals surface area contributed by atoms with Crippen molar-refractivity contribution in [2.24, 2.45) is 11.8 Å². The summed E-state index contributed by atoms with van der Waals surface area (Å²) < 4.78 is 20.7. The number of nitrogens with zero attached hydrogens (tertiary/aromatic N) is 1. The van der Waals surface area contributed by atoms with Gasteiger partial charge in [0.1, 0.15) is 0 Å². The van der Waals surface area contributed by atoms with E-state index in [0.717, 1.165) is 46.8 Å². The molecule has 0 saturated carbocycles. The predicted molar refractivity (Wildman–Crippen MR) is 164 cm³/mol. The van der Waals surface area contributed by atoms with Gasteiger partial charge < -0.3 is 23.8 Å². The number of esters is 4. The molecule has 2 aromatic rings. The Balaban J connectivity index is 2.11. The van der Waals surface area contributed by atoms with Crippen molar-refractivity contribution >= 4 is 35.3 Å². The van der Waals surface area contributed by atoms with E-state index in [0.29, 0.717) is 12.8 Å². The lowest BCUT2D eigenvalue weighted by atomic mass is 9.99. The smallest absolute Gasteiger partial charge is 0.330 e. The summed E-state index contributed by atoms with van der Waals surface area (Å²) in [5.74, 6) is -2.72. The standard InChI is InChI=1S/C34H37NO8/c1-6-31(36)40-21-27(22-41-32(37)7-2)19-25-11-15-29(16-12-25)35(10-5)30-17-13-26(14-18-30)20-28(23-42-33(38)8-3)24-43-34(39)9-4/h6-18,27-28H,1-5,19-24H2. The van der Waals surface area contributed by atoms with Crippen LogP contribution in [0.1, 0.15) is 11.1 Å². The highest BCUT2D eigenvalue weighted by molar-refractivity contribution is 5.82. The molecule has 0 amide bonds. The van der Waals surface area contributed by atoms with Crippen LogP contribution in [0.3, 0.4) is 0 Å². The van der Waals surface area contributed by atoms with Crippen LogP contribution in [0.2, 0.25) is 0 Å². The van der Waals surface area contributed by atoms with Gasteiger partial charge in [-0.3, -0.25) is 0 Å². The van der Waals surface area contributed by atoms with E-state index < -0.39 is 23.9 Å². The monoisotopic (exact) mass is 587 g/mol. The van der Waals surface area contributed by atoms with Gasteiger partial charge in [-0.05, 0) is 48.2 Å². The largest absolute Gasteiger partial charge is 0.462 e. The van der Waals surface area contributed by atoms with Crippen LogP contribution in [0.4, 0.5) is 11.4 Å². The maximum atomic E-state index is 11.5. The molecule has 0 fully saturated rings. The van der Waals surface area contributed by atoms with Crippen molar-refractivity contribution in [3.05, 3.63) is 123 Å². The summed E-state index contributed by atoms with van der Waals surface area (Å²) in [6.45, 7) is 17.8. The Hall–Kier alpha value is -5.18. The third kappa shape index (κ3) is 12.1. The van der Waals surface area contributed by atoms with Gasteiger partial charge in [0.05, 0.1) is 26.4 Å². The van der Waals surface area contributed by atoms with Crippen molar-refractivity contribution in [2.45, 2.75) is 12.8 Å². The number of rotatable bonds is 19. The van der Waals surface area contributed by atoms with Crippen molar-refractivity contribution in [2.75, 3.05) is 31.3 Å². The number of ether oxygens (including phenoxy) is 4. The van der Waals surface area contributed by atoms with Crippen molar-refractivity contribution in [1.29, 1.82) is 0 Å². The minimum atomic E-state index is -0.550. The van der Waals surface area contributed by atoms with Crippen molar-refractivity contribution in [3.63, 3.8) is 0 Å². The lowest BCUT2D eigenvalue weighted by Gasteiger charge is -2.22. The second-order valence-electron chi connectivity index (χ2n) is 9.36. The van der Waals surface area contributed by atoms with Gasteiger partial charge in [-0.2, -0.15) is 0 Å². The van der Waals surface area contributed by atoms with E-state index in [9.17, 15) is 19.2 Å². The lowest BCUT2D eigenvalue weighted by Crippen LogP contribution is -2.22. The second-order valence-corrected chi connectivity index (χ2v) is 9.36. The van der Waals surface area contributed by atoms with Gasteiger partial charge in [0.15, 0.2) is 0 Å². The summed E-state index contributed by atoms with van der Waals surface area (Å²) in [5.41, 5.74) is 3.64. The molecular formula is C34H37NO8. The van der Waals surface area contributed by atoms with Gasteiger partial charge in [-0.25, -0.2) is 19.2 Å². The van der Waals surface area contributed by atoms with Crippen LogP contribution in [0.15, 0.2) is 112 Å². The van der Waals surface area contributed by atoms with E-state index in [1.807, 2.05) is 53.4 Å². The molecule has 2 aromatic carbocycles. The molecule has 0 bridgehead atoms. The number of hydrogen-bond donors (Lipinski definition) is 0. The van der Waals surface area contributed by atoms with Crippen LogP contribution in [-0.4, -0.2) is 50.3 Å². The highest BCUT2D eigenvalue weighted by atomic mass is 16.6. The quantitative estimate of drug-likeness (QED) is 0.124. The zero-order chi connectivity index (χ0) is 31.6. The first kappa shape index (κ1) is 34.0. The molecule has 0 aliphatic rings. The zero-order valence-electron chi connectivity index (χ0n) is 24.2. The molecule has 0 atom stereocenters. The van der Waals surface area contributed by atoms with Crippen LogP contribution in [-0.2, 0) is 51.0 Å². The van der Waals surface area contributed by atoms with Crippen molar-refractivity contribution < 1.29 is 38.1 Å². The molecule has 0 aromatic heterocycles. The molecule has 9 nitrogen and oxygen atoms in total. The van der Waals surface area contributed by atoms with E-state index in [1.54, 1.807) is 6.20 Å². The molecule has 2 rings (SSSR count). The Labute approximate surface area is 252 Å². The minimum absolute atomic E-state index is 0.0659. The normalized spacial score (nSPS) is 10.3. The van der Waals surface area contributed by atoms with Crippen LogP contribution in [0, 0.1) is 11.8 Å². The molecule has 0 heterocycles. The summed E-state index contributed by atoms with van der Waals surface area (Å²) >= 11 is 0. The number of carbonyl (C=O) groups excluding carboxylic acids is 4. The Bertz CT molecular complexity index is 1150. The Morgan fingerprint density at radius 3 is 1.05 bits per heavy atom. The molecule has 9 heteroatoms. The average Bonchev–Trinajstić information content (AvgIpc) is 3.04. The highest BCUT2D eigenvalue weighted by Crippen LogP contribution is 2.27. The first-order chi connectivity index (χ1) is 20.7. The number of benzene rings is 2. The van der Waals surface area contributed by atoms with Crippen molar-refractivity contribution in [1.82, 2.24) is 0 Å². The Kier molecular flexibility index (Phi) is 14.5. The molecule has 0 saturated heterocycles. The molecule has 0 spiro atoms. The summed E-state index contributed by atoms with van der Waals surface area (Å²) in [4.78, 5) is 48.0. The Morgan fingerprint density at radius 1 is 0.535 bits per heavy atom. The Morgan fingerprint density at radius 2 is 0.814 bits per heavy atom. The first-order valence-electron chi connectivity index (χ1n) is 13.5. The van der Waals surface area contributed by atoms with Crippen molar-refractivity contribution in [3.8, 4) is 0 Å². The van der Waals surface area contributed by atoms with Gasteiger partial charge in [0.25, 0.3) is 0 Å². The fraction of sp³-hybridized carbons (Fsp3) is 0.235. The number of hydrogen-bond acceptors (Lipinski definition) is 9. The molecular weight excluding hydrogens is 550 g/mol. The molecule has 0 unspecified atom stereocenters. The molecule has 0 N–H and O–H groups in total. The third-order valence-corrected chi connectivity index (χ3v) is 6.17. The van der Waals surface area contributed by atoms with E-state index in [4.69, 9.17) is 18.9 Å². The van der Waals surface area contributed by atoms with Gasteiger partial charge in [0, 0.05) is 53.7 Å².